The van der Waals surface area contributed by atoms with E-state index in [9.17, 15) is 18.4 Å². The highest BCUT2D eigenvalue weighted by molar-refractivity contribution is 5.67. The summed E-state index contributed by atoms with van der Waals surface area (Å²) in [5, 5.41) is 0. The second-order valence-corrected chi connectivity index (χ2v) is 8.17. The first-order chi connectivity index (χ1) is 15.6. The highest BCUT2D eigenvalue weighted by Gasteiger charge is 2.24. The SMILES string of the molecule is COc1cccc(-c2c(C)n(Cc3c(F)cccc3F)c(=O)n(C[C@@H](N)C(C)C)c2=O)c1F. The number of benzene rings is 2. The number of rotatable bonds is 7. The molecule has 9 heteroatoms. The van der Waals surface area contributed by atoms with Gasteiger partial charge in [0.25, 0.3) is 5.56 Å². The molecular formula is C24H26F3N3O3. The molecule has 0 amide bonds. The number of nitrogens with zero attached hydrogens (tertiary/aromatic N) is 2. The van der Waals surface area contributed by atoms with Gasteiger partial charge in [-0.2, -0.15) is 0 Å². The summed E-state index contributed by atoms with van der Waals surface area (Å²) in [6, 6.07) is 7.09. The van der Waals surface area contributed by atoms with Crippen LogP contribution < -0.4 is 21.7 Å². The monoisotopic (exact) mass is 461 g/mol. The Balaban J connectivity index is 2.35. The van der Waals surface area contributed by atoms with Crippen molar-refractivity contribution in [3.8, 4) is 16.9 Å². The molecule has 2 aromatic carbocycles. The zero-order valence-corrected chi connectivity index (χ0v) is 18.9. The molecule has 1 heterocycles. The van der Waals surface area contributed by atoms with Crippen LogP contribution in [0.1, 0.15) is 25.1 Å². The minimum atomic E-state index is -0.841. The Labute approximate surface area is 189 Å². The average Bonchev–Trinajstić information content (AvgIpc) is 2.76. The topological polar surface area (TPSA) is 79.2 Å². The molecule has 3 rings (SSSR count). The minimum Gasteiger partial charge on any atom is -0.494 e. The molecule has 1 atom stereocenters. The molecule has 0 aliphatic rings. The third-order valence-electron chi connectivity index (χ3n) is 5.77. The summed E-state index contributed by atoms with van der Waals surface area (Å²) >= 11 is 0. The summed E-state index contributed by atoms with van der Waals surface area (Å²) in [7, 11) is 1.29. The first-order valence-electron chi connectivity index (χ1n) is 10.4. The van der Waals surface area contributed by atoms with Gasteiger partial charge in [0.15, 0.2) is 11.6 Å². The Kier molecular flexibility index (Phi) is 7.12. The van der Waals surface area contributed by atoms with Crippen LogP contribution in [0.3, 0.4) is 0 Å². The highest BCUT2D eigenvalue weighted by atomic mass is 19.1. The molecule has 2 N–H and O–H groups in total. The Morgan fingerprint density at radius 3 is 2.18 bits per heavy atom. The second kappa shape index (κ2) is 9.66. The lowest BCUT2D eigenvalue weighted by molar-refractivity contribution is 0.387. The normalized spacial score (nSPS) is 12.3. The van der Waals surface area contributed by atoms with Crippen LogP contribution in [0.2, 0.25) is 0 Å². The lowest BCUT2D eigenvalue weighted by Gasteiger charge is -2.21. The smallest absolute Gasteiger partial charge is 0.331 e. The van der Waals surface area contributed by atoms with E-state index in [1.165, 1.54) is 38.3 Å². The van der Waals surface area contributed by atoms with E-state index in [1.807, 2.05) is 13.8 Å². The molecule has 0 radical (unpaired) electrons. The van der Waals surface area contributed by atoms with Gasteiger partial charge < -0.3 is 10.5 Å². The molecule has 1 aromatic heterocycles. The van der Waals surface area contributed by atoms with E-state index in [0.717, 1.165) is 21.3 Å². The molecule has 0 bridgehead atoms. The number of halogens is 3. The lowest BCUT2D eigenvalue weighted by atomic mass is 10.0. The van der Waals surface area contributed by atoms with Crippen LogP contribution >= 0.6 is 0 Å². The fraction of sp³-hybridized carbons (Fsp3) is 0.333. The van der Waals surface area contributed by atoms with Crippen LogP contribution in [0.4, 0.5) is 13.2 Å². The molecule has 0 aliphatic heterocycles. The molecule has 0 unspecified atom stereocenters. The van der Waals surface area contributed by atoms with Gasteiger partial charge in [-0.1, -0.05) is 32.0 Å². The molecule has 33 heavy (non-hydrogen) atoms. The third-order valence-corrected chi connectivity index (χ3v) is 5.77. The summed E-state index contributed by atoms with van der Waals surface area (Å²) < 4.78 is 50.8. The van der Waals surface area contributed by atoms with Crippen molar-refractivity contribution in [2.45, 2.75) is 39.9 Å². The summed E-state index contributed by atoms with van der Waals surface area (Å²) in [5.74, 6) is -2.62. The first kappa shape index (κ1) is 24.3. The van der Waals surface area contributed by atoms with Crippen molar-refractivity contribution in [3.05, 3.63) is 85.9 Å². The first-order valence-corrected chi connectivity index (χ1v) is 10.4. The lowest BCUT2D eigenvalue weighted by Crippen LogP contribution is -2.47. The van der Waals surface area contributed by atoms with Crippen molar-refractivity contribution in [2.75, 3.05) is 7.11 Å². The molecule has 0 saturated heterocycles. The fourth-order valence-electron chi connectivity index (χ4n) is 3.58. The van der Waals surface area contributed by atoms with Gasteiger partial charge in [0.2, 0.25) is 0 Å². The van der Waals surface area contributed by atoms with Crippen LogP contribution in [-0.4, -0.2) is 22.3 Å². The number of ether oxygens (including phenoxy) is 1. The number of nitrogens with two attached hydrogens (primary N) is 1. The van der Waals surface area contributed by atoms with Crippen LogP contribution in [0.5, 0.6) is 5.75 Å². The largest absolute Gasteiger partial charge is 0.494 e. The summed E-state index contributed by atoms with van der Waals surface area (Å²) in [6.45, 7) is 4.47. The summed E-state index contributed by atoms with van der Waals surface area (Å²) in [6.07, 6.45) is 0. The van der Waals surface area contributed by atoms with E-state index in [0.29, 0.717) is 0 Å². The summed E-state index contributed by atoms with van der Waals surface area (Å²) in [4.78, 5) is 26.7. The van der Waals surface area contributed by atoms with Gasteiger partial charge in [-0.05, 0) is 31.0 Å². The van der Waals surface area contributed by atoms with E-state index in [-0.39, 0.29) is 40.6 Å². The van der Waals surface area contributed by atoms with E-state index in [2.05, 4.69) is 0 Å². The Morgan fingerprint density at radius 2 is 1.61 bits per heavy atom. The quantitative estimate of drug-likeness (QED) is 0.585. The maximum absolute atomic E-state index is 15.1. The average molecular weight is 461 g/mol. The van der Waals surface area contributed by atoms with Gasteiger partial charge in [-0.25, -0.2) is 18.0 Å². The molecule has 0 spiro atoms. The fourth-order valence-corrected chi connectivity index (χ4v) is 3.58. The van der Waals surface area contributed by atoms with E-state index < -0.39 is 41.3 Å². The van der Waals surface area contributed by atoms with Crippen molar-refractivity contribution in [2.24, 2.45) is 11.7 Å². The van der Waals surface area contributed by atoms with Crippen LogP contribution in [-0.2, 0) is 13.1 Å². The zero-order valence-electron chi connectivity index (χ0n) is 18.9. The van der Waals surface area contributed by atoms with Crippen molar-refractivity contribution in [1.82, 2.24) is 9.13 Å². The molecule has 0 fully saturated rings. The van der Waals surface area contributed by atoms with Crippen LogP contribution in [0.25, 0.3) is 11.1 Å². The van der Waals surface area contributed by atoms with E-state index in [1.54, 1.807) is 0 Å². The third kappa shape index (κ3) is 4.59. The van der Waals surface area contributed by atoms with Gasteiger partial charge in [-0.15, -0.1) is 0 Å². The molecule has 0 saturated carbocycles. The molecule has 6 nitrogen and oxygen atoms in total. The van der Waals surface area contributed by atoms with Gasteiger partial charge in [0, 0.05) is 29.4 Å². The Morgan fingerprint density at radius 1 is 1.00 bits per heavy atom. The molecule has 3 aromatic rings. The maximum Gasteiger partial charge on any atom is 0.331 e. The number of methoxy groups -OCH3 is 1. The van der Waals surface area contributed by atoms with E-state index >= 15 is 4.39 Å². The zero-order chi connectivity index (χ0) is 24.4. The molecular weight excluding hydrogens is 435 g/mol. The predicted molar refractivity (Wildman–Crippen MR) is 120 cm³/mol. The van der Waals surface area contributed by atoms with Gasteiger partial charge in [0.1, 0.15) is 11.6 Å². The Bertz CT molecular complexity index is 1280. The number of hydrogen-bond acceptors (Lipinski definition) is 4. The van der Waals surface area contributed by atoms with Crippen molar-refractivity contribution in [1.29, 1.82) is 0 Å². The number of hydrogen-bond donors (Lipinski definition) is 1. The molecule has 176 valence electrons. The van der Waals surface area contributed by atoms with Crippen molar-refractivity contribution in [3.63, 3.8) is 0 Å². The van der Waals surface area contributed by atoms with E-state index in [4.69, 9.17) is 10.5 Å². The molecule has 0 aliphatic carbocycles. The second-order valence-electron chi connectivity index (χ2n) is 8.17. The predicted octanol–water partition coefficient (Wildman–Crippen LogP) is 3.44. The van der Waals surface area contributed by atoms with Gasteiger partial charge >= 0.3 is 5.69 Å². The van der Waals surface area contributed by atoms with Crippen molar-refractivity contribution < 1.29 is 17.9 Å². The Hall–Kier alpha value is -3.33. The number of aromatic nitrogens is 2. The van der Waals surface area contributed by atoms with Crippen LogP contribution in [0, 0.1) is 30.3 Å². The minimum absolute atomic E-state index is 0.0629. The van der Waals surface area contributed by atoms with Gasteiger partial charge in [-0.3, -0.25) is 13.9 Å². The van der Waals surface area contributed by atoms with Crippen LogP contribution in [0.15, 0.2) is 46.0 Å². The van der Waals surface area contributed by atoms with Gasteiger partial charge in [0.05, 0.1) is 19.2 Å². The highest BCUT2D eigenvalue weighted by Crippen LogP contribution is 2.29. The standard InChI is InChI=1S/C24H26F3N3O3/c1-13(2)19(28)12-30-23(31)21(15-7-5-10-20(33-4)22(15)27)14(3)29(24(30)32)11-16-17(25)8-6-9-18(16)26/h5-10,13,19H,11-12,28H2,1-4H3/t19-/m1/s1. The van der Waals surface area contributed by atoms with Crippen molar-refractivity contribution >= 4 is 0 Å². The maximum atomic E-state index is 15.1. The summed E-state index contributed by atoms with van der Waals surface area (Å²) in [5.41, 5.74) is 4.10.